The molecule has 0 amide bonds. The van der Waals surface area contributed by atoms with E-state index in [-0.39, 0.29) is 25.8 Å². The van der Waals surface area contributed by atoms with Crippen LogP contribution in [0.2, 0.25) is 0 Å². The minimum absolute atomic E-state index is 0.0897. The van der Waals surface area contributed by atoms with E-state index in [0.29, 0.717) is 5.56 Å². The van der Waals surface area contributed by atoms with Crippen molar-refractivity contribution in [1.82, 2.24) is 0 Å². The molecule has 0 aromatic heterocycles. The van der Waals surface area contributed by atoms with E-state index >= 15 is 0 Å². The maximum Gasteiger partial charge on any atom is 0.355 e. The van der Waals surface area contributed by atoms with Gasteiger partial charge in [-0.2, -0.15) is 5.26 Å². The van der Waals surface area contributed by atoms with Crippen molar-refractivity contribution < 1.29 is 35.9 Å². The largest absolute Gasteiger partial charge is 0.466 e. The molecule has 0 spiro atoms. The number of benzene rings is 4. The van der Waals surface area contributed by atoms with Gasteiger partial charge in [0.2, 0.25) is 19.7 Å². The van der Waals surface area contributed by atoms with Crippen LogP contribution >= 0.6 is 0 Å². The summed E-state index contributed by atoms with van der Waals surface area (Å²) in [4.78, 5) is 27.1. The van der Waals surface area contributed by atoms with Gasteiger partial charge in [-0.05, 0) is 55.0 Å². The Morgan fingerprint density at radius 1 is 0.750 bits per heavy atom. The molecule has 1 heterocycles. The van der Waals surface area contributed by atoms with Crippen LogP contribution < -0.4 is 10.6 Å². The van der Waals surface area contributed by atoms with Gasteiger partial charge in [-0.1, -0.05) is 66.2 Å². The SMILES string of the molecule is COC(=O)C1=C(C(=O)OC)N(c2cc(S(=O)(=O)c3ccccc3)ccc2S(=O)(=O)c2ccc(C)cc2)C(N)=C(C#N)C1c1ccccc1. The second-order valence-electron chi connectivity index (χ2n) is 10.6. The average Bonchev–Trinajstić information content (AvgIpc) is 3.11. The Hall–Kier alpha value is -5.71. The first-order chi connectivity index (χ1) is 22.9. The molecule has 5 rings (SSSR count). The van der Waals surface area contributed by atoms with Gasteiger partial charge in [-0.25, -0.2) is 26.4 Å². The summed E-state index contributed by atoms with van der Waals surface area (Å²) < 4.78 is 66.4. The number of hydrogen-bond donors (Lipinski definition) is 1. The van der Waals surface area contributed by atoms with Crippen LogP contribution in [0.15, 0.2) is 145 Å². The Kier molecular flexibility index (Phi) is 9.24. The summed E-state index contributed by atoms with van der Waals surface area (Å²) in [6, 6.07) is 26.8. The zero-order valence-electron chi connectivity index (χ0n) is 25.9. The van der Waals surface area contributed by atoms with Crippen molar-refractivity contribution in [1.29, 1.82) is 5.26 Å². The quantitative estimate of drug-likeness (QED) is 0.258. The highest BCUT2D eigenvalue weighted by atomic mass is 32.2. The number of ether oxygens (including phenoxy) is 2. The molecule has 0 aliphatic carbocycles. The summed E-state index contributed by atoms with van der Waals surface area (Å²) in [6.45, 7) is 1.78. The van der Waals surface area contributed by atoms with Crippen LogP contribution in [0.3, 0.4) is 0 Å². The fourth-order valence-electron chi connectivity index (χ4n) is 5.41. The lowest BCUT2D eigenvalue weighted by Crippen LogP contribution is -2.41. The molecule has 2 N–H and O–H groups in total. The highest BCUT2D eigenvalue weighted by molar-refractivity contribution is 7.92. The summed E-state index contributed by atoms with van der Waals surface area (Å²) >= 11 is 0. The zero-order valence-corrected chi connectivity index (χ0v) is 27.6. The van der Waals surface area contributed by atoms with E-state index in [1.165, 1.54) is 36.4 Å². The molecular weight excluding hydrogens is 655 g/mol. The maximum atomic E-state index is 14.3. The van der Waals surface area contributed by atoms with Crippen molar-refractivity contribution >= 4 is 37.3 Å². The second-order valence-corrected chi connectivity index (χ2v) is 14.5. The number of rotatable bonds is 8. The van der Waals surface area contributed by atoms with Crippen LogP contribution in [0, 0.1) is 18.3 Å². The molecule has 13 heteroatoms. The van der Waals surface area contributed by atoms with Crippen molar-refractivity contribution in [2.45, 2.75) is 32.4 Å². The molecule has 1 aliphatic rings. The van der Waals surface area contributed by atoms with Crippen LogP contribution in [-0.4, -0.2) is 43.0 Å². The lowest BCUT2D eigenvalue weighted by molar-refractivity contribution is -0.139. The lowest BCUT2D eigenvalue weighted by Gasteiger charge is -2.36. The number of carbonyl (C=O) groups is 2. The molecule has 11 nitrogen and oxygen atoms in total. The van der Waals surface area contributed by atoms with Crippen LogP contribution in [0.1, 0.15) is 17.0 Å². The second kappa shape index (κ2) is 13.2. The van der Waals surface area contributed by atoms with E-state index in [0.717, 1.165) is 42.9 Å². The van der Waals surface area contributed by atoms with E-state index in [1.54, 1.807) is 55.5 Å². The monoisotopic (exact) mass is 683 g/mol. The predicted molar refractivity (Wildman–Crippen MR) is 175 cm³/mol. The Balaban J connectivity index is 1.93. The molecule has 0 saturated carbocycles. The van der Waals surface area contributed by atoms with Crippen LogP contribution in [0.4, 0.5) is 5.69 Å². The third kappa shape index (κ3) is 5.83. The number of allylic oxidation sites excluding steroid dienone is 1. The van der Waals surface area contributed by atoms with Gasteiger partial charge in [-0.3, -0.25) is 4.90 Å². The third-order valence-electron chi connectivity index (χ3n) is 7.77. The van der Waals surface area contributed by atoms with Gasteiger partial charge in [0, 0.05) is 0 Å². The molecule has 0 fully saturated rings. The molecule has 4 aromatic rings. The Morgan fingerprint density at radius 2 is 1.29 bits per heavy atom. The van der Waals surface area contributed by atoms with Gasteiger partial charge in [0.25, 0.3) is 0 Å². The van der Waals surface area contributed by atoms with Gasteiger partial charge >= 0.3 is 11.9 Å². The van der Waals surface area contributed by atoms with Crippen LogP contribution in [0.5, 0.6) is 0 Å². The topological polar surface area (TPSA) is 174 Å². The normalized spacial score (nSPS) is 15.1. The molecule has 0 radical (unpaired) electrons. The highest BCUT2D eigenvalue weighted by Crippen LogP contribution is 2.46. The van der Waals surface area contributed by atoms with E-state index in [1.807, 2.05) is 6.07 Å². The molecule has 1 aliphatic heterocycles. The van der Waals surface area contributed by atoms with Crippen molar-refractivity contribution in [2.24, 2.45) is 5.73 Å². The molecule has 1 unspecified atom stereocenters. The number of aryl methyl sites for hydroxylation is 1. The molecular formula is C35H29N3O8S2. The Bertz CT molecular complexity index is 2240. The van der Waals surface area contributed by atoms with Crippen molar-refractivity contribution in [3.8, 4) is 6.07 Å². The van der Waals surface area contributed by atoms with E-state index < -0.39 is 59.6 Å². The highest BCUT2D eigenvalue weighted by Gasteiger charge is 2.44. The lowest BCUT2D eigenvalue weighted by atomic mass is 9.81. The van der Waals surface area contributed by atoms with Crippen molar-refractivity contribution in [3.63, 3.8) is 0 Å². The molecule has 0 bridgehead atoms. The number of sulfone groups is 2. The Labute approximate surface area is 278 Å². The first-order valence-electron chi connectivity index (χ1n) is 14.3. The Morgan fingerprint density at radius 3 is 1.85 bits per heavy atom. The van der Waals surface area contributed by atoms with E-state index in [4.69, 9.17) is 15.2 Å². The third-order valence-corrected chi connectivity index (χ3v) is 11.4. The smallest absolute Gasteiger partial charge is 0.355 e. The first-order valence-corrected chi connectivity index (χ1v) is 17.3. The van der Waals surface area contributed by atoms with Gasteiger partial charge < -0.3 is 15.2 Å². The number of nitrogens with zero attached hydrogens (tertiary/aromatic N) is 2. The van der Waals surface area contributed by atoms with Gasteiger partial charge in [0.1, 0.15) is 11.5 Å². The maximum absolute atomic E-state index is 14.3. The summed E-state index contributed by atoms with van der Waals surface area (Å²) in [5.74, 6) is -3.84. The van der Waals surface area contributed by atoms with Gasteiger partial charge in [-0.15, -0.1) is 0 Å². The number of hydrogen-bond acceptors (Lipinski definition) is 11. The van der Waals surface area contributed by atoms with Gasteiger partial charge in [0.05, 0.1) is 62.6 Å². The number of carbonyl (C=O) groups excluding carboxylic acids is 2. The molecule has 1 atom stereocenters. The fraction of sp³-hybridized carbons (Fsp3) is 0.114. The number of anilines is 1. The summed E-state index contributed by atoms with van der Waals surface area (Å²) in [5.41, 5.74) is 6.24. The first kappa shape index (κ1) is 33.6. The molecule has 4 aromatic carbocycles. The van der Waals surface area contributed by atoms with Crippen LogP contribution in [0.25, 0.3) is 0 Å². The molecule has 0 saturated heterocycles. The van der Waals surface area contributed by atoms with Crippen LogP contribution in [-0.2, 0) is 38.7 Å². The summed E-state index contributed by atoms with van der Waals surface area (Å²) in [7, 11) is -6.62. The summed E-state index contributed by atoms with van der Waals surface area (Å²) in [6.07, 6.45) is 0. The minimum atomic E-state index is -4.46. The van der Waals surface area contributed by atoms with Crippen molar-refractivity contribution in [2.75, 3.05) is 19.1 Å². The predicted octanol–water partition coefficient (Wildman–Crippen LogP) is 4.56. The van der Waals surface area contributed by atoms with Gasteiger partial charge in [0.15, 0.2) is 0 Å². The molecule has 48 heavy (non-hydrogen) atoms. The van der Waals surface area contributed by atoms with E-state index in [2.05, 4.69) is 0 Å². The number of methoxy groups -OCH3 is 2. The molecule has 244 valence electrons. The summed E-state index contributed by atoms with van der Waals surface area (Å²) in [5, 5.41) is 10.5. The van der Waals surface area contributed by atoms with E-state index in [9.17, 15) is 31.7 Å². The average molecular weight is 684 g/mol. The number of esters is 2. The van der Waals surface area contributed by atoms with Crippen molar-refractivity contribution in [3.05, 3.63) is 137 Å². The number of nitriles is 1. The standard InChI is InChI=1S/C35H29N3O8S2/c1-22-14-16-25(17-15-22)48(43,44)29-19-18-26(47(41,42)24-12-8-5-9-13-24)20-28(29)38-32(35(40)46-3)31(34(39)45-2)30(27(21-36)33(38)37)23-10-6-4-7-11-23/h4-20,30H,37H2,1-3H3. The minimum Gasteiger partial charge on any atom is -0.466 e. The fourth-order valence-corrected chi connectivity index (χ4v) is 8.13. The number of nitrogens with two attached hydrogens (primary N) is 1. The zero-order chi connectivity index (χ0) is 34.8.